The van der Waals surface area contributed by atoms with Crippen LogP contribution < -0.4 is 4.74 Å². The SMILES string of the molecule is CC(C)c1ccc(F)c(Oc2ccccc2)c1. The van der Waals surface area contributed by atoms with Crippen molar-refractivity contribution in [1.29, 1.82) is 0 Å². The van der Waals surface area contributed by atoms with Gasteiger partial charge in [0.1, 0.15) is 5.75 Å². The number of hydrogen-bond acceptors (Lipinski definition) is 1. The molecular weight excluding hydrogens is 215 g/mol. The van der Waals surface area contributed by atoms with Gasteiger partial charge in [0.15, 0.2) is 11.6 Å². The lowest BCUT2D eigenvalue weighted by molar-refractivity contribution is 0.441. The summed E-state index contributed by atoms with van der Waals surface area (Å²) in [5, 5.41) is 0. The summed E-state index contributed by atoms with van der Waals surface area (Å²) in [5.41, 5.74) is 1.07. The van der Waals surface area contributed by atoms with E-state index in [1.54, 1.807) is 12.1 Å². The average Bonchev–Trinajstić information content (AvgIpc) is 2.33. The summed E-state index contributed by atoms with van der Waals surface area (Å²) >= 11 is 0. The molecule has 2 heteroatoms. The molecule has 17 heavy (non-hydrogen) atoms. The van der Waals surface area contributed by atoms with Crippen LogP contribution in [0.25, 0.3) is 0 Å². The Morgan fingerprint density at radius 1 is 1.00 bits per heavy atom. The largest absolute Gasteiger partial charge is 0.454 e. The molecular formula is C15H15FO. The standard InChI is InChI=1S/C15H15FO/c1-11(2)12-8-9-14(16)15(10-12)17-13-6-4-3-5-7-13/h3-11H,1-2H3. The molecule has 0 fully saturated rings. The van der Waals surface area contributed by atoms with E-state index in [9.17, 15) is 4.39 Å². The molecule has 0 aliphatic carbocycles. The van der Waals surface area contributed by atoms with Crippen LogP contribution in [-0.4, -0.2) is 0 Å². The van der Waals surface area contributed by atoms with Crippen molar-refractivity contribution in [2.45, 2.75) is 19.8 Å². The van der Waals surface area contributed by atoms with E-state index in [4.69, 9.17) is 4.74 Å². The van der Waals surface area contributed by atoms with E-state index < -0.39 is 0 Å². The maximum Gasteiger partial charge on any atom is 0.165 e. The number of ether oxygens (including phenoxy) is 1. The van der Waals surface area contributed by atoms with Crippen molar-refractivity contribution in [3.63, 3.8) is 0 Å². The molecule has 0 bridgehead atoms. The Labute approximate surface area is 101 Å². The van der Waals surface area contributed by atoms with Gasteiger partial charge in [0.2, 0.25) is 0 Å². The number of halogens is 1. The topological polar surface area (TPSA) is 9.23 Å². The molecule has 0 aliphatic heterocycles. The lowest BCUT2D eigenvalue weighted by Gasteiger charge is -2.10. The van der Waals surface area contributed by atoms with Crippen LogP contribution in [0.4, 0.5) is 4.39 Å². The Morgan fingerprint density at radius 3 is 2.35 bits per heavy atom. The van der Waals surface area contributed by atoms with Crippen LogP contribution in [0.2, 0.25) is 0 Å². The summed E-state index contributed by atoms with van der Waals surface area (Å²) in [5.74, 6) is 0.946. The van der Waals surface area contributed by atoms with Gasteiger partial charge in [-0.3, -0.25) is 0 Å². The molecule has 0 atom stereocenters. The fourth-order valence-corrected chi connectivity index (χ4v) is 1.57. The summed E-state index contributed by atoms with van der Waals surface area (Å²) in [7, 11) is 0. The van der Waals surface area contributed by atoms with Crippen LogP contribution in [0.5, 0.6) is 11.5 Å². The Balaban J connectivity index is 2.29. The van der Waals surface area contributed by atoms with Gasteiger partial charge in [-0.15, -0.1) is 0 Å². The van der Waals surface area contributed by atoms with Crippen LogP contribution in [-0.2, 0) is 0 Å². The first-order valence-electron chi connectivity index (χ1n) is 5.69. The molecule has 2 aromatic carbocycles. The zero-order valence-electron chi connectivity index (χ0n) is 9.98. The first kappa shape index (κ1) is 11.6. The molecule has 88 valence electrons. The first-order valence-corrected chi connectivity index (χ1v) is 5.69. The molecule has 0 amide bonds. The summed E-state index contributed by atoms with van der Waals surface area (Å²) in [6.45, 7) is 4.14. The highest BCUT2D eigenvalue weighted by molar-refractivity contribution is 5.36. The Kier molecular flexibility index (Phi) is 3.43. The monoisotopic (exact) mass is 230 g/mol. The van der Waals surface area contributed by atoms with Gasteiger partial charge in [0.25, 0.3) is 0 Å². The first-order chi connectivity index (χ1) is 8.16. The van der Waals surface area contributed by atoms with Crippen LogP contribution >= 0.6 is 0 Å². The minimum Gasteiger partial charge on any atom is -0.454 e. The molecule has 0 aliphatic rings. The van der Waals surface area contributed by atoms with Gasteiger partial charge in [-0.25, -0.2) is 4.39 Å². The molecule has 2 rings (SSSR count). The Morgan fingerprint density at radius 2 is 1.71 bits per heavy atom. The molecule has 0 radical (unpaired) electrons. The van der Waals surface area contributed by atoms with Crippen molar-refractivity contribution in [3.05, 3.63) is 59.9 Å². The quantitative estimate of drug-likeness (QED) is 0.739. The number of benzene rings is 2. The molecule has 0 aromatic heterocycles. The van der Waals surface area contributed by atoms with Crippen molar-refractivity contribution < 1.29 is 9.13 Å². The van der Waals surface area contributed by atoms with E-state index in [2.05, 4.69) is 13.8 Å². The van der Waals surface area contributed by atoms with Crippen LogP contribution in [0.3, 0.4) is 0 Å². The fourth-order valence-electron chi connectivity index (χ4n) is 1.57. The minimum atomic E-state index is -0.335. The van der Waals surface area contributed by atoms with Crippen molar-refractivity contribution in [3.8, 4) is 11.5 Å². The summed E-state index contributed by atoms with van der Waals surface area (Å²) in [6.07, 6.45) is 0. The second kappa shape index (κ2) is 5.00. The normalized spacial score (nSPS) is 10.6. The zero-order chi connectivity index (χ0) is 12.3. The highest BCUT2D eigenvalue weighted by Gasteiger charge is 2.08. The second-order valence-electron chi connectivity index (χ2n) is 4.26. The number of hydrogen-bond donors (Lipinski definition) is 0. The van der Waals surface area contributed by atoms with Crippen LogP contribution in [0, 0.1) is 5.82 Å². The average molecular weight is 230 g/mol. The third kappa shape index (κ3) is 2.84. The van der Waals surface area contributed by atoms with Gasteiger partial charge in [0, 0.05) is 0 Å². The van der Waals surface area contributed by atoms with Gasteiger partial charge in [0.05, 0.1) is 0 Å². The Hall–Kier alpha value is -1.83. The highest BCUT2D eigenvalue weighted by Crippen LogP contribution is 2.27. The third-order valence-corrected chi connectivity index (χ3v) is 2.59. The third-order valence-electron chi connectivity index (χ3n) is 2.59. The molecule has 0 saturated heterocycles. The van der Waals surface area contributed by atoms with Crippen molar-refractivity contribution in [1.82, 2.24) is 0 Å². The van der Waals surface area contributed by atoms with Gasteiger partial charge < -0.3 is 4.74 Å². The highest BCUT2D eigenvalue weighted by atomic mass is 19.1. The fraction of sp³-hybridized carbons (Fsp3) is 0.200. The molecule has 0 N–H and O–H groups in total. The smallest absolute Gasteiger partial charge is 0.165 e. The summed E-state index contributed by atoms with van der Waals surface area (Å²) < 4.78 is 19.1. The van der Waals surface area contributed by atoms with Gasteiger partial charge in [-0.05, 0) is 35.7 Å². The molecule has 0 heterocycles. The molecule has 1 nitrogen and oxygen atoms in total. The molecule has 0 saturated carbocycles. The summed E-state index contributed by atoms with van der Waals surface area (Å²) in [4.78, 5) is 0. The van der Waals surface area contributed by atoms with Crippen molar-refractivity contribution >= 4 is 0 Å². The maximum absolute atomic E-state index is 13.6. The summed E-state index contributed by atoms with van der Waals surface area (Å²) in [6, 6.07) is 14.2. The number of rotatable bonds is 3. The predicted octanol–water partition coefficient (Wildman–Crippen LogP) is 4.74. The molecule has 0 unspecified atom stereocenters. The van der Waals surface area contributed by atoms with Crippen LogP contribution in [0.1, 0.15) is 25.3 Å². The zero-order valence-corrected chi connectivity index (χ0v) is 9.98. The van der Waals surface area contributed by atoms with E-state index >= 15 is 0 Å². The van der Waals surface area contributed by atoms with Crippen molar-refractivity contribution in [2.75, 3.05) is 0 Å². The Bertz CT molecular complexity index is 492. The van der Waals surface area contributed by atoms with E-state index in [0.29, 0.717) is 11.7 Å². The van der Waals surface area contributed by atoms with E-state index in [1.807, 2.05) is 30.3 Å². The van der Waals surface area contributed by atoms with Gasteiger partial charge >= 0.3 is 0 Å². The number of para-hydroxylation sites is 1. The predicted molar refractivity (Wildman–Crippen MR) is 67.0 cm³/mol. The van der Waals surface area contributed by atoms with Crippen molar-refractivity contribution in [2.24, 2.45) is 0 Å². The van der Waals surface area contributed by atoms with Gasteiger partial charge in [-0.2, -0.15) is 0 Å². The van der Waals surface area contributed by atoms with E-state index in [1.165, 1.54) is 6.07 Å². The maximum atomic E-state index is 13.6. The lowest BCUT2D eigenvalue weighted by atomic mass is 10.0. The lowest BCUT2D eigenvalue weighted by Crippen LogP contribution is -1.92. The molecule has 0 spiro atoms. The second-order valence-corrected chi connectivity index (χ2v) is 4.26. The minimum absolute atomic E-state index is 0.280. The molecule has 2 aromatic rings. The van der Waals surface area contributed by atoms with Gasteiger partial charge in [-0.1, -0.05) is 38.1 Å². The van der Waals surface area contributed by atoms with E-state index in [0.717, 1.165) is 5.56 Å². The van der Waals surface area contributed by atoms with E-state index in [-0.39, 0.29) is 11.6 Å². The van der Waals surface area contributed by atoms with Crippen LogP contribution in [0.15, 0.2) is 48.5 Å².